The maximum Gasteiger partial charge on any atom is 0.336 e. The van der Waals surface area contributed by atoms with Crippen molar-refractivity contribution in [3.8, 4) is 0 Å². The van der Waals surface area contributed by atoms with Gasteiger partial charge >= 0.3 is 5.97 Å². The van der Waals surface area contributed by atoms with E-state index in [0.717, 1.165) is 9.13 Å². The normalized spacial score (nSPS) is 27.0. The fraction of sp³-hybridized carbons (Fsp3) is 0.417. The predicted molar refractivity (Wildman–Crippen MR) is 69.6 cm³/mol. The molecule has 2 unspecified atom stereocenters. The van der Waals surface area contributed by atoms with Crippen molar-refractivity contribution in [2.75, 3.05) is 0 Å². The molecule has 0 amide bonds. The summed E-state index contributed by atoms with van der Waals surface area (Å²) >= 11 is 2.17. The lowest BCUT2D eigenvalue weighted by atomic mass is 10.0. The minimum absolute atomic E-state index is 0.560. The second-order valence-electron chi connectivity index (χ2n) is 4.34. The Morgan fingerprint density at radius 1 is 1.35 bits per heavy atom. The minimum Gasteiger partial charge on any atom is -0.479 e. The molecule has 1 aliphatic heterocycles. The molecule has 1 aliphatic rings. The van der Waals surface area contributed by atoms with Gasteiger partial charge in [0.1, 0.15) is 6.10 Å². The van der Waals surface area contributed by atoms with E-state index in [1.54, 1.807) is 13.8 Å². The van der Waals surface area contributed by atoms with E-state index >= 15 is 0 Å². The van der Waals surface area contributed by atoms with Crippen molar-refractivity contribution in [2.45, 2.75) is 31.8 Å². The first-order valence-electron chi connectivity index (χ1n) is 5.23. The first kappa shape index (κ1) is 12.8. The number of aliphatic carboxylic acids is 1. The summed E-state index contributed by atoms with van der Waals surface area (Å²) in [4.78, 5) is 11.2. The molecule has 17 heavy (non-hydrogen) atoms. The third-order valence-corrected chi connectivity index (χ3v) is 3.53. The molecule has 1 aromatic carbocycles. The first-order chi connectivity index (χ1) is 7.91. The van der Waals surface area contributed by atoms with Crippen LogP contribution in [0.15, 0.2) is 24.3 Å². The molecule has 0 spiro atoms. The Hall–Kier alpha value is -0.660. The van der Waals surface area contributed by atoms with Crippen LogP contribution in [0.2, 0.25) is 0 Å². The SMILES string of the molecule is CC1(C)OC(C(=O)O)C(c2ccccc2I)O1. The Labute approximate surface area is 113 Å². The fourth-order valence-electron chi connectivity index (χ4n) is 1.88. The van der Waals surface area contributed by atoms with Crippen molar-refractivity contribution in [1.82, 2.24) is 0 Å². The van der Waals surface area contributed by atoms with Crippen LogP contribution in [0.4, 0.5) is 0 Å². The van der Waals surface area contributed by atoms with Gasteiger partial charge in [0.05, 0.1) is 0 Å². The number of rotatable bonds is 2. The van der Waals surface area contributed by atoms with Gasteiger partial charge in [-0.05, 0) is 48.1 Å². The summed E-state index contributed by atoms with van der Waals surface area (Å²) in [6.07, 6.45) is -1.52. The maximum atomic E-state index is 11.2. The lowest BCUT2D eigenvalue weighted by molar-refractivity contribution is -0.165. The second kappa shape index (κ2) is 4.55. The Bertz CT molecular complexity index is 444. The van der Waals surface area contributed by atoms with Crippen LogP contribution in [0.5, 0.6) is 0 Å². The largest absolute Gasteiger partial charge is 0.479 e. The van der Waals surface area contributed by atoms with E-state index in [1.807, 2.05) is 24.3 Å². The van der Waals surface area contributed by atoms with E-state index in [0.29, 0.717) is 0 Å². The first-order valence-corrected chi connectivity index (χ1v) is 6.31. The van der Waals surface area contributed by atoms with Gasteiger partial charge in [0.25, 0.3) is 0 Å². The monoisotopic (exact) mass is 348 g/mol. The van der Waals surface area contributed by atoms with Crippen LogP contribution in [0, 0.1) is 3.57 Å². The summed E-state index contributed by atoms with van der Waals surface area (Å²) in [5.74, 6) is -1.87. The fourth-order valence-corrected chi connectivity index (χ4v) is 2.57. The van der Waals surface area contributed by atoms with E-state index < -0.39 is 24.0 Å². The van der Waals surface area contributed by atoms with E-state index in [1.165, 1.54) is 0 Å². The highest BCUT2D eigenvalue weighted by molar-refractivity contribution is 14.1. The number of hydrogen-bond acceptors (Lipinski definition) is 3. The number of carbonyl (C=O) groups is 1. The van der Waals surface area contributed by atoms with Gasteiger partial charge in [0, 0.05) is 3.57 Å². The van der Waals surface area contributed by atoms with Crippen molar-refractivity contribution in [2.24, 2.45) is 0 Å². The second-order valence-corrected chi connectivity index (χ2v) is 5.50. The van der Waals surface area contributed by atoms with E-state index in [-0.39, 0.29) is 0 Å². The number of ether oxygens (including phenoxy) is 2. The van der Waals surface area contributed by atoms with Crippen LogP contribution in [0.25, 0.3) is 0 Å². The van der Waals surface area contributed by atoms with Crippen molar-refractivity contribution in [3.63, 3.8) is 0 Å². The number of carboxylic acids is 1. The Morgan fingerprint density at radius 3 is 2.59 bits per heavy atom. The number of carboxylic acid groups (broad SMARTS) is 1. The van der Waals surface area contributed by atoms with Crippen LogP contribution < -0.4 is 0 Å². The molecule has 1 aromatic rings. The highest BCUT2D eigenvalue weighted by atomic mass is 127. The number of benzene rings is 1. The predicted octanol–water partition coefficient (Wildman–Crippen LogP) is 2.57. The number of halogens is 1. The highest BCUT2D eigenvalue weighted by Crippen LogP contribution is 2.39. The lowest BCUT2D eigenvalue weighted by Crippen LogP contribution is -2.27. The van der Waals surface area contributed by atoms with Crippen LogP contribution in [0.3, 0.4) is 0 Å². The van der Waals surface area contributed by atoms with Crippen molar-refractivity contribution in [3.05, 3.63) is 33.4 Å². The smallest absolute Gasteiger partial charge is 0.336 e. The van der Waals surface area contributed by atoms with Crippen LogP contribution in [0.1, 0.15) is 25.5 Å². The van der Waals surface area contributed by atoms with Crippen molar-refractivity contribution in [1.29, 1.82) is 0 Å². The van der Waals surface area contributed by atoms with E-state index in [9.17, 15) is 4.79 Å². The van der Waals surface area contributed by atoms with Gasteiger partial charge in [0.15, 0.2) is 11.9 Å². The van der Waals surface area contributed by atoms with Gasteiger partial charge in [-0.1, -0.05) is 18.2 Å². The van der Waals surface area contributed by atoms with Gasteiger partial charge in [-0.25, -0.2) is 4.79 Å². The molecule has 4 nitrogen and oxygen atoms in total. The Balaban J connectivity index is 2.37. The molecular weight excluding hydrogens is 335 g/mol. The molecule has 0 aliphatic carbocycles. The zero-order valence-corrected chi connectivity index (χ0v) is 11.7. The molecule has 1 fully saturated rings. The van der Waals surface area contributed by atoms with Crippen LogP contribution in [-0.4, -0.2) is 23.0 Å². The molecule has 0 bridgehead atoms. The molecule has 0 radical (unpaired) electrons. The summed E-state index contributed by atoms with van der Waals surface area (Å²) in [5.41, 5.74) is 0.853. The van der Waals surface area contributed by atoms with Crippen LogP contribution >= 0.6 is 22.6 Å². The number of hydrogen-bond donors (Lipinski definition) is 1. The average molecular weight is 348 g/mol. The molecule has 0 aromatic heterocycles. The van der Waals surface area contributed by atoms with E-state index in [4.69, 9.17) is 14.6 Å². The average Bonchev–Trinajstić information content (AvgIpc) is 2.55. The Kier molecular flexibility index (Phi) is 3.42. The molecular formula is C12H13IO4. The molecule has 0 saturated carbocycles. The molecule has 5 heteroatoms. The quantitative estimate of drug-likeness (QED) is 0.835. The molecule has 1 heterocycles. The summed E-state index contributed by atoms with van der Waals surface area (Å²) < 4.78 is 12.1. The van der Waals surface area contributed by atoms with Crippen molar-refractivity contribution >= 4 is 28.6 Å². The molecule has 92 valence electrons. The molecule has 2 atom stereocenters. The zero-order chi connectivity index (χ0) is 12.6. The molecule has 1 N–H and O–H groups in total. The summed E-state index contributed by atoms with van der Waals surface area (Å²) in [6, 6.07) is 7.56. The highest BCUT2D eigenvalue weighted by Gasteiger charge is 2.46. The third-order valence-electron chi connectivity index (χ3n) is 2.55. The van der Waals surface area contributed by atoms with Gasteiger partial charge in [-0.2, -0.15) is 0 Å². The minimum atomic E-state index is -1.000. The molecule has 2 rings (SSSR count). The zero-order valence-electron chi connectivity index (χ0n) is 9.51. The topological polar surface area (TPSA) is 55.8 Å². The lowest BCUT2D eigenvalue weighted by Gasteiger charge is -2.17. The summed E-state index contributed by atoms with van der Waals surface area (Å²) in [7, 11) is 0. The van der Waals surface area contributed by atoms with Crippen molar-refractivity contribution < 1.29 is 19.4 Å². The van der Waals surface area contributed by atoms with Gasteiger partial charge in [-0.3, -0.25) is 0 Å². The van der Waals surface area contributed by atoms with Gasteiger partial charge < -0.3 is 14.6 Å². The van der Waals surface area contributed by atoms with Gasteiger partial charge in [0.2, 0.25) is 0 Å². The molecule has 1 saturated heterocycles. The van der Waals surface area contributed by atoms with E-state index in [2.05, 4.69) is 22.6 Å². The maximum absolute atomic E-state index is 11.2. The third kappa shape index (κ3) is 2.61. The standard InChI is InChI=1S/C12H13IO4/c1-12(2)16-9(10(17-12)11(14)15)7-5-3-4-6-8(7)13/h3-6,9-10H,1-2H3,(H,14,15). The van der Waals surface area contributed by atoms with Crippen LogP contribution in [-0.2, 0) is 14.3 Å². The summed E-state index contributed by atoms with van der Waals surface area (Å²) in [6.45, 7) is 3.44. The van der Waals surface area contributed by atoms with Gasteiger partial charge in [-0.15, -0.1) is 0 Å². The summed E-state index contributed by atoms with van der Waals surface area (Å²) in [5, 5.41) is 9.16. The Morgan fingerprint density at radius 2 is 2.00 bits per heavy atom.